The van der Waals surface area contributed by atoms with Gasteiger partial charge < -0.3 is 9.84 Å². The summed E-state index contributed by atoms with van der Waals surface area (Å²) >= 11 is 0. The van der Waals surface area contributed by atoms with Gasteiger partial charge in [0.15, 0.2) is 5.58 Å². The molecule has 0 spiro atoms. The Labute approximate surface area is 136 Å². The Morgan fingerprint density at radius 2 is 2.00 bits per heavy atom. The summed E-state index contributed by atoms with van der Waals surface area (Å²) in [5, 5.41) is 7.88. The van der Waals surface area contributed by atoms with Gasteiger partial charge in [0.2, 0.25) is 10.0 Å². The molecule has 1 aromatic carbocycles. The van der Waals surface area contributed by atoms with Crippen molar-refractivity contribution in [1.29, 1.82) is 0 Å². The van der Waals surface area contributed by atoms with Crippen LogP contribution < -0.4 is 5.32 Å². The number of halogens is 1. The Morgan fingerprint density at radius 3 is 2.68 bits per heavy atom. The van der Waals surface area contributed by atoms with E-state index in [1.807, 2.05) is 25.2 Å². The van der Waals surface area contributed by atoms with Crippen molar-refractivity contribution in [1.82, 2.24) is 14.8 Å². The molecule has 1 aliphatic rings. The van der Waals surface area contributed by atoms with Crippen molar-refractivity contribution in [2.75, 3.05) is 20.1 Å². The second-order valence-electron chi connectivity index (χ2n) is 5.34. The first kappa shape index (κ1) is 17.2. The molecule has 2 heterocycles. The first-order valence-corrected chi connectivity index (χ1v) is 8.69. The first-order valence-electron chi connectivity index (χ1n) is 7.08. The van der Waals surface area contributed by atoms with Crippen LogP contribution in [0.1, 0.15) is 18.5 Å². The molecule has 0 amide bonds. The van der Waals surface area contributed by atoms with E-state index in [0.717, 1.165) is 18.2 Å². The highest BCUT2D eigenvalue weighted by atomic mass is 35.5. The minimum absolute atomic E-state index is 0. The number of hydrogen-bond donors (Lipinski definition) is 1. The van der Waals surface area contributed by atoms with Crippen molar-refractivity contribution in [3.05, 3.63) is 30.0 Å². The summed E-state index contributed by atoms with van der Waals surface area (Å²) in [4.78, 5) is 0. The third-order valence-corrected chi connectivity index (χ3v) is 5.82. The monoisotopic (exact) mass is 345 g/mol. The molecule has 0 radical (unpaired) electrons. The third kappa shape index (κ3) is 3.43. The fraction of sp³-hybridized carbons (Fsp3) is 0.500. The Bertz CT molecular complexity index is 724. The van der Waals surface area contributed by atoms with Crippen LogP contribution in [-0.4, -0.2) is 44.1 Å². The Balaban J connectivity index is 0.00000176. The molecular weight excluding hydrogens is 326 g/mol. The summed E-state index contributed by atoms with van der Waals surface area (Å²) < 4.78 is 31.8. The van der Waals surface area contributed by atoms with E-state index in [2.05, 4.69) is 10.5 Å². The molecule has 8 heteroatoms. The molecule has 1 fully saturated rings. The van der Waals surface area contributed by atoms with Crippen molar-refractivity contribution in [3.8, 4) is 0 Å². The number of rotatable bonds is 4. The number of benzene rings is 1. The lowest BCUT2D eigenvalue weighted by Gasteiger charge is -2.30. The Morgan fingerprint density at radius 1 is 1.32 bits per heavy atom. The predicted molar refractivity (Wildman–Crippen MR) is 87.5 cm³/mol. The average Bonchev–Trinajstić information content (AvgIpc) is 2.90. The smallest absolute Gasteiger partial charge is 0.220 e. The Kier molecular flexibility index (Phi) is 5.44. The van der Waals surface area contributed by atoms with Gasteiger partial charge in [-0.05, 0) is 32.0 Å². The molecule has 0 saturated carbocycles. The lowest BCUT2D eigenvalue weighted by molar-refractivity contribution is 0.298. The van der Waals surface area contributed by atoms with Crippen LogP contribution in [0.5, 0.6) is 0 Å². The fourth-order valence-corrected chi connectivity index (χ4v) is 4.23. The lowest BCUT2D eigenvalue weighted by atomic mass is 10.1. The summed E-state index contributed by atoms with van der Waals surface area (Å²) in [7, 11) is -1.43. The minimum Gasteiger partial charge on any atom is -0.356 e. The van der Waals surface area contributed by atoms with Crippen molar-refractivity contribution in [3.63, 3.8) is 0 Å². The molecule has 0 bridgehead atoms. The number of piperidine rings is 1. The molecule has 0 atom stereocenters. The summed E-state index contributed by atoms with van der Waals surface area (Å²) in [5.74, 6) is -0.103. The highest BCUT2D eigenvalue weighted by Gasteiger charge is 2.29. The van der Waals surface area contributed by atoms with Gasteiger partial charge >= 0.3 is 0 Å². The van der Waals surface area contributed by atoms with E-state index in [4.69, 9.17) is 4.52 Å². The molecule has 1 N–H and O–H groups in total. The number of nitrogens with one attached hydrogen (secondary N) is 1. The third-order valence-electron chi connectivity index (χ3n) is 4.03. The van der Waals surface area contributed by atoms with Gasteiger partial charge in [-0.2, -0.15) is 0 Å². The normalized spacial score (nSPS) is 17.5. The number of nitrogens with zero attached hydrogens (tertiary/aromatic N) is 2. The van der Waals surface area contributed by atoms with E-state index in [1.54, 1.807) is 10.4 Å². The first-order chi connectivity index (χ1) is 10.1. The molecule has 1 saturated heterocycles. The molecule has 3 rings (SSSR count). The molecule has 2 aromatic rings. The van der Waals surface area contributed by atoms with E-state index < -0.39 is 10.0 Å². The Hall–Kier alpha value is -1.15. The summed E-state index contributed by atoms with van der Waals surface area (Å²) in [6, 6.07) is 7.73. The average molecular weight is 346 g/mol. The van der Waals surface area contributed by atoms with Gasteiger partial charge in [0.05, 0.1) is 0 Å². The van der Waals surface area contributed by atoms with Crippen LogP contribution in [0, 0.1) is 0 Å². The highest BCUT2D eigenvalue weighted by Crippen LogP contribution is 2.22. The zero-order valence-corrected chi connectivity index (χ0v) is 14.0. The van der Waals surface area contributed by atoms with Gasteiger partial charge in [-0.3, -0.25) is 0 Å². The molecule has 6 nitrogen and oxygen atoms in total. The molecule has 1 aromatic heterocycles. The topological polar surface area (TPSA) is 75.4 Å². The van der Waals surface area contributed by atoms with Crippen molar-refractivity contribution >= 4 is 33.4 Å². The van der Waals surface area contributed by atoms with Crippen LogP contribution in [0.25, 0.3) is 11.0 Å². The summed E-state index contributed by atoms with van der Waals surface area (Å²) in [6.07, 6.45) is 1.69. The standard InChI is InChI=1S/C14H19N3O3S.ClH/c1-15-11-6-8-17(9-7-11)21(18,19)10-13-12-4-2-3-5-14(12)20-16-13;/h2-5,11,15H,6-10H2,1H3;1H. The second-order valence-corrected chi connectivity index (χ2v) is 7.31. The lowest BCUT2D eigenvalue weighted by Crippen LogP contribution is -2.44. The molecule has 0 unspecified atom stereocenters. The van der Waals surface area contributed by atoms with Crippen LogP contribution in [0.3, 0.4) is 0 Å². The van der Waals surface area contributed by atoms with E-state index in [9.17, 15) is 8.42 Å². The molecule has 22 heavy (non-hydrogen) atoms. The van der Waals surface area contributed by atoms with Gasteiger partial charge in [-0.25, -0.2) is 12.7 Å². The quantitative estimate of drug-likeness (QED) is 0.913. The van der Waals surface area contributed by atoms with Gasteiger partial charge in [-0.1, -0.05) is 17.3 Å². The molecule has 0 aliphatic carbocycles. The zero-order valence-electron chi connectivity index (χ0n) is 12.4. The maximum absolute atomic E-state index is 12.5. The van der Waals surface area contributed by atoms with Crippen LogP contribution >= 0.6 is 12.4 Å². The van der Waals surface area contributed by atoms with Gasteiger partial charge in [0.1, 0.15) is 11.4 Å². The van der Waals surface area contributed by atoms with Crippen molar-refractivity contribution in [2.24, 2.45) is 0 Å². The number of hydrogen-bond acceptors (Lipinski definition) is 5. The SMILES string of the molecule is CNC1CCN(S(=O)(=O)Cc2noc3ccccc23)CC1.Cl. The summed E-state index contributed by atoms with van der Waals surface area (Å²) in [5.41, 5.74) is 1.11. The number of fused-ring (bicyclic) bond motifs is 1. The van der Waals surface area contributed by atoms with E-state index in [-0.39, 0.29) is 18.2 Å². The molecule has 122 valence electrons. The van der Waals surface area contributed by atoms with Crippen molar-refractivity contribution < 1.29 is 12.9 Å². The van der Waals surface area contributed by atoms with Crippen LogP contribution in [-0.2, 0) is 15.8 Å². The van der Waals surface area contributed by atoms with Crippen molar-refractivity contribution in [2.45, 2.75) is 24.6 Å². The van der Waals surface area contributed by atoms with Gasteiger partial charge in [-0.15, -0.1) is 12.4 Å². The predicted octanol–water partition coefficient (Wildman–Crippen LogP) is 1.76. The van der Waals surface area contributed by atoms with Crippen LogP contribution in [0.15, 0.2) is 28.8 Å². The fourth-order valence-electron chi connectivity index (χ4n) is 2.73. The second kappa shape index (κ2) is 6.95. The maximum atomic E-state index is 12.5. The van der Waals surface area contributed by atoms with Crippen LogP contribution in [0.4, 0.5) is 0 Å². The van der Waals surface area contributed by atoms with Crippen LogP contribution in [0.2, 0.25) is 0 Å². The zero-order chi connectivity index (χ0) is 14.9. The van der Waals surface area contributed by atoms with E-state index >= 15 is 0 Å². The van der Waals surface area contributed by atoms with Gasteiger partial charge in [0.25, 0.3) is 0 Å². The summed E-state index contributed by atoms with van der Waals surface area (Å²) in [6.45, 7) is 1.12. The minimum atomic E-state index is -3.35. The van der Waals surface area contributed by atoms with E-state index in [1.165, 1.54) is 0 Å². The molecule has 1 aliphatic heterocycles. The number of para-hydroxylation sites is 1. The molecular formula is C14H20ClN3O3S. The number of aromatic nitrogens is 1. The van der Waals surface area contributed by atoms with E-state index in [0.29, 0.717) is 30.4 Å². The maximum Gasteiger partial charge on any atom is 0.220 e. The number of sulfonamides is 1. The largest absolute Gasteiger partial charge is 0.356 e. The highest BCUT2D eigenvalue weighted by molar-refractivity contribution is 7.88. The van der Waals surface area contributed by atoms with Gasteiger partial charge in [0, 0.05) is 24.5 Å².